The van der Waals surface area contributed by atoms with Crippen molar-refractivity contribution in [1.29, 1.82) is 0 Å². The van der Waals surface area contributed by atoms with Gasteiger partial charge in [-0.05, 0) is 61.1 Å². The van der Waals surface area contributed by atoms with Crippen molar-refractivity contribution in [1.82, 2.24) is 10.2 Å². The Labute approximate surface area is 246 Å². The minimum atomic E-state index is -1.06. The Kier molecular flexibility index (Phi) is 7.77. The zero-order valence-corrected chi connectivity index (χ0v) is 24.1. The third-order valence-corrected chi connectivity index (χ3v) is 9.44. The first-order valence-electron chi connectivity index (χ1n) is 15.1. The Morgan fingerprint density at radius 3 is 2.45 bits per heavy atom. The van der Waals surface area contributed by atoms with Gasteiger partial charge < -0.3 is 25.4 Å². The van der Waals surface area contributed by atoms with E-state index in [-0.39, 0.29) is 24.3 Å². The Morgan fingerprint density at radius 2 is 1.67 bits per heavy atom. The highest BCUT2D eigenvalue weighted by atomic mass is 16.5. The second-order valence-electron chi connectivity index (χ2n) is 12.2. The Hall–Kier alpha value is -3.75. The molecule has 8 heteroatoms. The van der Waals surface area contributed by atoms with Gasteiger partial charge in [-0.2, -0.15) is 0 Å². The van der Waals surface area contributed by atoms with E-state index in [9.17, 15) is 14.4 Å². The fourth-order valence-electron chi connectivity index (χ4n) is 7.49. The number of fused-ring (bicyclic) bond motifs is 2. The van der Waals surface area contributed by atoms with Gasteiger partial charge in [0, 0.05) is 25.4 Å². The van der Waals surface area contributed by atoms with E-state index in [0.717, 1.165) is 29.2 Å². The molecular formula is C34H39N3O5. The van der Waals surface area contributed by atoms with E-state index in [0.29, 0.717) is 44.5 Å². The van der Waals surface area contributed by atoms with Crippen molar-refractivity contribution in [3.8, 4) is 0 Å². The lowest BCUT2D eigenvalue weighted by molar-refractivity contribution is -0.144. The van der Waals surface area contributed by atoms with Crippen LogP contribution < -0.4 is 10.6 Å². The molecule has 8 nitrogen and oxygen atoms in total. The highest BCUT2D eigenvalue weighted by Gasteiger charge is 2.77. The molecule has 3 fully saturated rings. The molecule has 3 saturated heterocycles. The number of nitrogens with zero attached hydrogens (tertiary/aromatic N) is 1. The maximum Gasteiger partial charge on any atom is 0.250 e. The van der Waals surface area contributed by atoms with E-state index in [1.54, 1.807) is 4.90 Å². The number of hydrogen-bond donors (Lipinski definition) is 3. The van der Waals surface area contributed by atoms with E-state index in [2.05, 4.69) is 10.6 Å². The number of anilines is 1. The molecule has 3 heterocycles. The molecule has 2 bridgehead atoms. The van der Waals surface area contributed by atoms with Crippen LogP contribution in [0.4, 0.5) is 5.69 Å². The normalized spacial score (nSPS) is 27.8. The second kappa shape index (κ2) is 11.5. The Balaban J connectivity index is 1.28. The number of amides is 3. The summed E-state index contributed by atoms with van der Waals surface area (Å²) in [7, 11) is 0. The zero-order chi connectivity index (χ0) is 29.3. The predicted molar refractivity (Wildman–Crippen MR) is 160 cm³/mol. The molecule has 220 valence electrons. The van der Waals surface area contributed by atoms with Crippen LogP contribution in [0.25, 0.3) is 10.8 Å². The van der Waals surface area contributed by atoms with Gasteiger partial charge in [-0.1, -0.05) is 73.5 Å². The lowest BCUT2D eigenvalue weighted by atomic mass is 9.66. The zero-order valence-electron chi connectivity index (χ0n) is 24.1. The van der Waals surface area contributed by atoms with Gasteiger partial charge in [-0.15, -0.1) is 0 Å². The van der Waals surface area contributed by atoms with Crippen LogP contribution in [0.3, 0.4) is 0 Å². The standard InChI is InChI=1S/C34H39N3O5/c1-33-17-18-34(42-33)28(27(33)30(39)35-22-23-11-5-4-6-12-23)32(41)37(19-9-2-3-10-20-38)29(34)31(40)36-26-16-15-24-13-7-8-14-25(24)21-26/h4-8,11-16,21,27-29,38H,2-3,9-10,17-20,22H2,1H3,(H,35,39)(H,36,40)/t27-,28-,29?,33+,34?/m0/s1. The largest absolute Gasteiger partial charge is 0.396 e. The molecular weight excluding hydrogens is 530 g/mol. The van der Waals surface area contributed by atoms with Crippen molar-refractivity contribution in [2.24, 2.45) is 11.8 Å². The smallest absolute Gasteiger partial charge is 0.250 e. The second-order valence-corrected chi connectivity index (χ2v) is 12.2. The molecule has 3 aromatic carbocycles. The third-order valence-electron chi connectivity index (χ3n) is 9.44. The monoisotopic (exact) mass is 569 g/mol. The summed E-state index contributed by atoms with van der Waals surface area (Å²) in [5.74, 6) is -2.08. The third kappa shape index (κ3) is 4.96. The summed E-state index contributed by atoms with van der Waals surface area (Å²) >= 11 is 0. The minimum absolute atomic E-state index is 0.136. The summed E-state index contributed by atoms with van der Waals surface area (Å²) in [4.78, 5) is 43.8. The summed E-state index contributed by atoms with van der Waals surface area (Å²) in [5.41, 5.74) is -0.253. The number of aliphatic hydroxyl groups excluding tert-OH is 1. The summed E-state index contributed by atoms with van der Waals surface area (Å²) in [6.07, 6.45) is 4.23. The van der Waals surface area contributed by atoms with Gasteiger partial charge in [0.25, 0.3) is 0 Å². The van der Waals surface area contributed by atoms with Crippen LogP contribution in [0.2, 0.25) is 0 Å². The summed E-state index contributed by atoms with van der Waals surface area (Å²) in [6.45, 7) is 2.81. The number of rotatable bonds is 11. The van der Waals surface area contributed by atoms with Gasteiger partial charge in [0.15, 0.2) is 0 Å². The molecule has 42 heavy (non-hydrogen) atoms. The molecule has 2 unspecified atom stereocenters. The average molecular weight is 570 g/mol. The molecule has 3 aromatic rings. The molecule has 6 rings (SSSR count). The average Bonchev–Trinajstić information content (AvgIpc) is 3.56. The first-order chi connectivity index (χ1) is 20.4. The molecule has 5 atom stereocenters. The molecule has 0 saturated carbocycles. The van der Waals surface area contributed by atoms with Gasteiger partial charge >= 0.3 is 0 Å². The van der Waals surface area contributed by atoms with E-state index in [1.807, 2.05) is 79.7 Å². The summed E-state index contributed by atoms with van der Waals surface area (Å²) in [5, 5.41) is 17.4. The van der Waals surface area contributed by atoms with E-state index in [1.165, 1.54) is 0 Å². The number of carbonyl (C=O) groups is 3. The van der Waals surface area contributed by atoms with Crippen LogP contribution in [0.5, 0.6) is 0 Å². The lowest BCUT2D eigenvalue weighted by Gasteiger charge is -2.33. The van der Waals surface area contributed by atoms with Gasteiger partial charge in [0.1, 0.15) is 11.6 Å². The van der Waals surface area contributed by atoms with Crippen molar-refractivity contribution in [2.45, 2.75) is 69.2 Å². The number of ether oxygens (including phenoxy) is 1. The summed E-state index contributed by atoms with van der Waals surface area (Å²) < 4.78 is 6.73. The van der Waals surface area contributed by atoms with E-state index in [4.69, 9.17) is 9.84 Å². The van der Waals surface area contributed by atoms with Crippen LogP contribution in [0.1, 0.15) is 51.0 Å². The van der Waals surface area contributed by atoms with Gasteiger partial charge in [-0.25, -0.2) is 0 Å². The van der Waals surface area contributed by atoms with Crippen LogP contribution in [-0.2, 0) is 25.7 Å². The lowest BCUT2D eigenvalue weighted by Crippen LogP contribution is -2.53. The van der Waals surface area contributed by atoms with Crippen LogP contribution in [0.15, 0.2) is 72.8 Å². The Bertz CT molecular complexity index is 1480. The van der Waals surface area contributed by atoms with Gasteiger partial charge in [0.05, 0.1) is 17.4 Å². The van der Waals surface area contributed by atoms with Gasteiger partial charge in [0.2, 0.25) is 17.7 Å². The number of likely N-dealkylation sites (tertiary alicyclic amines) is 1. The molecule has 0 aliphatic carbocycles. The fourth-order valence-corrected chi connectivity index (χ4v) is 7.49. The fraction of sp³-hybridized carbons (Fsp3) is 0.441. The maximum absolute atomic E-state index is 14.2. The van der Waals surface area contributed by atoms with Crippen molar-refractivity contribution >= 4 is 34.2 Å². The molecule has 3 aliphatic rings. The van der Waals surface area contributed by atoms with E-state index < -0.39 is 29.1 Å². The predicted octanol–water partition coefficient (Wildman–Crippen LogP) is 4.41. The molecule has 3 amide bonds. The molecule has 1 spiro atoms. The number of unbranched alkanes of at least 4 members (excludes halogenated alkanes) is 3. The molecule has 3 aliphatic heterocycles. The Morgan fingerprint density at radius 1 is 0.929 bits per heavy atom. The van der Waals surface area contributed by atoms with Crippen LogP contribution >= 0.6 is 0 Å². The highest BCUT2D eigenvalue weighted by molar-refractivity contribution is 6.04. The maximum atomic E-state index is 14.2. The quantitative estimate of drug-likeness (QED) is 0.297. The first-order valence-corrected chi connectivity index (χ1v) is 15.1. The first kappa shape index (κ1) is 28.4. The molecule has 3 N–H and O–H groups in total. The van der Waals surface area contributed by atoms with Crippen molar-refractivity contribution in [3.05, 3.63) is 78.4 Å². The number of carbonyl (C=O) groups excluding carboxylic acids is 3. The van der Waals surface area contributed by atoms with Gasteiger partial charge in [-0.3, -0.25) is 14.4 Å². The molecule has 0 radical (unpaired) electrons. The van der Waals surface area contributed by atoms with Crippen molar-refractivity contribution in [3.63, 3.8) is 0 Å². The number of benzene rings is 3. The minimum Gasteiger partial charge on any atom is -0.396 e. The van der Waals surface area contributed by atoms with Crippen LogP contribution in [-0.4, -0.2) is 58.1 Å². The number of aliphatic hydroxyl groups is 1. The highest BCUT2D eigenvalue weighted by Crippen LogP contribution is 2.63. The SMILES string of the molecule is C[C@]12CCC3(O1)C(C(=O)Nc1ccc4ccccc4c1)N(CCCCCCO)C(=O)[C@@H]3[C@H]2C(=O)NCc1ccccc1. The van der Waals surface area contributed by atoms with Crippen LogP contribution in [0, 0.1) is 11.8 Å². The number of hydrogen-bond acceptors (Lipinski definition) is 5. The summed E-state index contributed by atoms with van der Waals surface area (Å²) in [6, 6.07) is 22.6. The van der Waals surface area contributed by atoms with E-state index >= 15 is 0 Å². The topological polar surface area (TPSA) is 108 Å². The number of nitrogens with one attached hydrogen (secondary N) is 2. The van der Waals surface area contributed by atoms with Crippen molar-refractivity contribution in [2.75, 3.05) is 18.5 Å². The molecule has 0 aromatic heterocycles. The van der Waals surface area contributed by atoms with Crippen molar-refractivity contribution < 1.29 is 24.2 Å².